The number of aryl methyl sites for hydroxylation is 1. The van der Waals surface area contributed by atoms with Crippen LogP contribution in [-0.2, 0) is 6.54 Å². The molecule has 0 unspecified atom stereocenters. The van der Waals surface area contributed by atoms with Gasteiger partial charge in [0.1, 0.15) is 11.6 Å². The molecule has 5 heteroatoms. The fourth-order valence-electron chi connectivity index (χ4n) is 2.29. The average molecular weight is 244 g/mol. The molecule has 2 heterocycles. The lowest BCUT2D eigenvalue weighted by Gasteiger charge is -2.29. The Bertz CT molecular complexity index is 358. The van der Waals surface area contributed by atoms with Crippen molar-refractivity contribution >= 4 is 17.4 Å². The second-order valence-corrected chi connectivity index (χ2v) is 4.55. The van der Waals surface area contributed by atoms with Crippen LogP contribution in [0.5, 0.6) is 0 Å². The normalized spacial score (nSPS) is 16.8. The van der Waals surface area contributed by atoms with Crippen LogP contribution in [0.4, 0.5) is 5.82 Å². The van der Waals surface area contributed by atoms with Gasteiger partial charge in [-0.2, -0.15) is 0 Å². The molecule has 16 heavy (non-hydrogen) atoms. The SMILES string of the molecule is Cc1nc(Cl)c(N2CCCCC2)n1CCO. The van der Waals surface area contributed by atoms with Gasteiger partial charge in [0.05, 0.1) is 6.61 Å². The van der Waals surface area contributed by atoms with Gasteiger partial charge in [0.15, 0.2) is 5.15 Å². The van der Waals surface area contributed by atoms with Gasteiger partial charge in [0, 0.05) is 19.6 Å². The third-order valence-corrected chi connectivity index (χ3v) is 3.32. The summed E-state index contributed by atoms with van der Waals surface area (Å²) in [5.74, 6) is 1.85. The Kier molecular flexibility index (Phi) is 3.71. The standard InChI is InChI=1S/C11H18ClN3O/c1-9-13-10(12)11(15(9)7-8-16)14-5-3-2-4-6-14/h16H,2-8H2,1H3. The minimum Gasteiger partial charge on any atom is -0.395 e. The molecular formula is C11H18ClN3O. The molecule has 0 bridgehead atoms. The number of halogens is 1. The first-order chi connectivity index (χ1) is 7.74. The van der Waals surface area contributed by atoms with Gasteiger partial charge in [-0.1, -0.05) is 11.6 Å². The first kappa shape index (κ1) is 11.7. The van der Waals surface area contributed by atoms with Gasteiger partial charge in [-0.05, 0) is 26.2 Å². The van der Waals surface area contributed by atoms with Crippen molar-refractivity contribution in [2.45, 2.75) is 32.7 Å². The van der Waals surface area contributed by atoms with E-state index >= 15 is 0 Å². The Labute approximate surface area is 101 Å². The highest BCUT2D eigenvalue weighted by molar-refractivity contribution is 6.31. The minimum absolute atomic E-state index is 0.119. The molecule has 1 aliphatic rings. The molecule has 2 rings (SSSR count). The monoisotopic (exact) mass is 243 g/mol. The lowest BCUT2D eigenvalue weighted by Crippen LogP contribution is -2.31. The molecule has 0 amide bonds. The first-order valence-electron chi connectivity index (χ1n) is 5.82. The molecule has 1 saturated heterocycles. The fraction of sp³-hybridized carbons (Fsp3) is 0.727. The maximum atomic E-state index is 9.07. The summed E-state index contributed by atoms with van der Waals surface area (Å²) in [6.45, 7) is 4.69. The Morgan fingerprint density at radius 1 is 1.31 bits per heavy atom. The fourth-order valence-corrected chi connectivity index (χ4v) is 2.64. The number of hydrogen-bond donors (Lipinski definition) is 1. The highest BCUT2D eigenvalue weighted by Crippen LogP contribution is 2.29. The van der Waals surface area contributed by atoms with Gasteiger partial charge in [-0.15, -0.1) is 0 Å². The smallest absolute Gasteiger partial charge is 0.171 e. The van der Waals surface area contributed by atoms with Crippen molar-refractivity contribution in [3.05, 3.63) is 11.0 Å². The van der Waals surface area contributed by atoms with E-state index in [-0.39, 0.29) is 6.61 Å². The van der Waals surface area contributed by atoms with Crippen LogP contribution in [0.15, 0.2) is 0 Å². The van der Waals surface area contributed by atoms with Gasteiger partial charge in [-0.25, -0.2) is 4.98 Å². The topological polar surface area (TPSA) is 41.3 Å². The summed E-state index contributed by atoms with van der Waals surface area (Å²) in [5, 5.41) is 9.63. The number of aromatic nitrogens is 2. The molecule has 0 saturated carbocycles. The van der Waals surface area contributed by atoms with Gasteiger partial charge in [0.25, 0.3) is 0 Å². The summed E-state index contributed by atoms with van der Waals surface area (Å²) in [6.07, 6.45) is 3.71. The van der Waals surface area contributed by atoms with Crippen molar-refractivity contribution in [2.24, 2.45) is 0 Å². The van der Waals surface area contributed by atoms with Crippen LogP contribution < -0.4 is 4.90 Å². The molecular weight excluding hydrogens is 226 g/mol. The molecule has 1 aromatic rings. The molecule has 0 spiro atoms. The number of nitrogens with zero attached hydrogens (tertiary/aromatic N) is 3. The molecule has 1 aliphatic heterocycles. The van der Waals surface area contributed by atoms with E-state index in [1.165, 1.54) is 19.3 Å². The van der Waals surface area contributed by atoms with Crippen LogP contribution in [0, 0.1) is 6.92 Å². The molecule has 90 valence electrons. The van der Waals surface area contributed by atoms with E-state index in [1.807, 2.05) is 11.5 Å². The van der Waals surface area contributed by atoms with Gasteiger partial charge >= 0.3 is 0 Å². The van der Waals surface area contributed by atoms with Crippen LogP contribution in [0.1, 0.15) is 25.1 Å². The van der Waals surface area contributed by atoms with E-state index in [1.54, 1.807) is 0 Å². The molecule has 4 nitrogen and oxygen atoms in total. The number of imidazole rings is 1. The highest BCUT2D eigenvalue weighted by Gasteiger charge is 2.20. The Morgan fingerprint density at radius 3 is 2.62 bits per heavy atom. The number of aliphatic hydroxyl groups excluding tert-OH is 1. The summed E-state index contributed by atoms with van der Waals surface area (Å²) in [5.41, 5.74) is 0. The Hall–Kier alpha value is -0.740. The third-order valence-electron chi connectivity index (χ3n) is 3.07. The number of rotatable bonds is 3. The van der Waals surface area contributed by atoms with Crippen molar-refractivity contribution in [3.63, 3.8) is 0 Å². The third kappa shape index (κ3) is 2.18. The molecule has 0 aliphatic carbocycles. The molecule has 0 radical (unpaired) electrons. The lowest BCUT2D eigenvalue weighted by molar-refractivity contribution is 0.275. The zero-order valence-electron chi connectivity index (χ0n) is 9.62. The van der Waals surface area contributed by atoms with E-state index in [4.69, 9.17) is 16.7 Å². The lowest BCUT2D eigenvalue weighted by atomic mass is 10.1. The van der Waals surface area contributed by atoms with Crippen LogP contribution in [-0.4, -0.2) is 34.4 Å². The zero-order valence-corrected chi connectivity index (χ0v) is 10.4. The van der Waals surface area contributed by atoms with Crippen LogP contribution in [0.25, 0.3) is 0 Å². The molecule has 0 aromatic carbocycles. The minimum atomic E-state index is 0.119. The molecule has 1 fully saturated rings. The summed E-state index contributed by atoms with van der Waals surface area (Å²) in [6, 6.07) is 0. The quantitative estimate of drug-likeness (QED) is 0.881. The van der Waals surface area contributed by atoms with Crippen LogP contribution in [0.2, 0.25) is 5.15 Å². The van der Waals surface area contributed by atoms with Crippen molar-refractivity contribution in [3.8, 4) is 0 Å². The van der Waals surface area contributed by atoms with E-state index < -0.39 is 0 Å². The summed E-state index contributed by atoms with van der Waals surface area (Å²) in [7, 11) is 0. The van der Waals surface area contributed by atoms with Crippen molar-refractivity contribution in [1.29, 1.82) is 0 Å². The summed E-state index contributed by atoms with van der Waals surface area (Å²) >= 11 is 6.16. The number of piperidine rings is 1. The van der Waals surface area contributed by atoms with Gasteiger partial charge < -0.3 is 14.6 Å². The zero-order chi connectivity index (χ0) is 11.5. The predicted molar refractivity (Wildman–Crippen MR) is 65.1 cm³/mol. The van der Waals surface area contributed by atoms with Crippen LogP contribution >= 0.6 is 11.6 Å². The van der Waals surface area contributed by atoms with Crippen molar-refractivity contribution in [2.75, 3.05) is 24.6 Å². The summed E-state index contributed by atoms with van der Waals surface area (Å²) in [4.78, 5) is 6.56. The maximum Gasteiger partial charge on any atom is 0.171 e. The molecule has 1 aromatic heterocycles. The summed E-state index contributed by atoms with van der Waals surface area (Å²) < 4.78 is 2.01. The number of aliphatic hydroxyl groups is 1. The van der Waals surface area contributed by atoms with E-state index in [9.17, 15) is 0 Å². The molecule has 0 atom stereocenters. The van der Waals surface area contributed by atoms with Crippen molar-refractivity contribution in [1.82, 2.24) is 9.55 Å². The van der Waals surface area contributed by atoms with Crippen LogP contribution in [0.3, 0.4) is 0 Å². The van der Waals surface area contributed by atoms with Gasteiger partial charge in [0.2, 0.25) is 0 Å². The van der Waals surface area contributed by atoms with E-state index in [0.717, 1.165) is 24.7 Å². The highest BCUT2D eigenvalue weighted by atomic mass is 35.5. The average Bonchev–Trinajstić information content (AvgIpc) is 2.56. The van der Waals surface area contributed by atoms with E-state index in [2.05, 4.69) is 9.88 Å². The number of anilines is 1. The Balaban J connectivity index is 2.29. The predicted octanol–water partition coefficient (Wildman–Crippen LogP) is 1.83. The first-order valence-corrected chi connectivity index (χ1v) is 6.20. The largest absolute Gasteiger partial charge is 0.395 e. The Morgan fingerprint density at radius 2 is 2.00 bits per heavy atom. The second kappa shape index (κ2) is 5.06. The van der Waals surface area contributed by atoms with E-state index in [0.29, 0.717) is 11.7 Å². The second-order valence-electron chi connectivity index (χ2n) is 4.20. The molecule has 1 N–H and O–H groups in total. The van der Waals surface area contributed by atoms with Gasteiger partial charge in [-0.3, -0.25) is 0 Å². The number of hydrogen-bond acceptors (Lipinski definition) is 3. The van der Waals surface area contributed by atoms with Crippen molar-refractivity contribution < 1.29 is 5.11 Å². The maximum absolute atomic E-state index is 9.07.